The number of carbonyl (C=O) groups is 2. The Hall–Kier alpha value is -2.31. The molecule has 0 aliphatic rings. The molecule has 0 heterocycles. The van der Waals surface area contributed by atoms with Gasteiger partial charge in [0.1, 0.15) is 11.7 Å². The fourth-order valence-corrected chi connectivity index (χ4v) is 2.32. The largest absolute Gasteiger partial charge is 2.00 e. The van der Waals surface area contributed by atoms with Gasteiger partial charge in [-0.1, -0.05) is 42.2 Å². The van der Waals surface area contributed by atoms with E-state index in [1.165, 1.54) is 0 Å². The molecular formula is C20H18MgO5. The molecule has 0 aromatic heterocycles. The summed E-state index contributed by atoms with van der Waals surface area (Å²) in [7, 11) is 0. The number of hydrogen-bond acceptors (Lipinski definition) is 5. The molecule has 0 saturated carbocycles. The van der Waals surface area contributed by atoms with E-state index in [0.29, 0.717) is 18.2 Å². The molecule has 0 bridgehead atoms. The van der Waals surface area contributed by atoms with E-state index in [1.54, 1.807) is 12.1 Å². The summed E-state index contributed by atoms with van der Waals surface area (Å²) in [6, 6.07) is 14.8. The van der Waals surface area contributed by atoms with Crippen LogP contribution in [-0.2, 0) is 16.0 Å². The van der Waals surface area contributed by atoms with E-state index in [9.17, 15) is 19.8 Å². The van der Waals surface area contributed by atoms with Crippen molar-refractivity contribution in [1.29, 1.82) is 0 Å². The summed E-state index contributed by atoms with van der Waals surface area (Å²) < 4.78 is 5.60. The molecule has 26 heavy (non-hydrogen) atoms. The molecule has 0 spiro atoms. The third-order valence-electron chi connectivity index (χ3n) is 3.39. The van der Waals surface area contributed by atoms with E-state index in [2.05, 4.69) is 0 Å². The van der Waals surface area contributed by atoms with Crippen molar-refractivity contribution < 1.29 is 24.5 Å². The monoisotopic (exact) mass is 362 g/mol. The molecule has 6 heteroatoms. The van der Waals surface area contributed by atoms with Crippen molar-refractivity contribution in [3.8, 4) is 5.75 Å². The number of ether oxygens (including phenoxy) is 1. The molecule has 0 atom stereocenters. The summed E-state index contributed by atoms with van der Waals surface area (Å²) in [5.74, 6) is -3.70. The number of rotatable bonds is 7. The summed E-state index contributed by atoms with van der Waals surface area (Å²) in [6.07, 6.45) is 0.935. The third-order valence-corrected chi connectivity index (χ3v) is 3.39. The van der Waals surface area contributed by atoms with Crippen LogP contribution in [0, 0.1) is 0 Å². The van der Waals surface area contributed by atoms with Crippen LogP contribution >= 0.6 is 0 Å². The predicted molar refractivity (Wildman–Crippen MR) is 95.2 cm³/mol. The maximum atomic E-state index is 12.3. The SMILES string of the molecule is CC(C)Oc1ccc(Cc2ccccc2)cc1/C([O-])=C/C(=O)C(=O)[O-].[Mg+2]. The molecule has 2 aromatic rings. The molecule has 0 aliphatic heterocycles. The first-order valence-electron chi connectivity index (χ1n) is 7.84. The Morgan fingerprint density at radius 1 is 1.04 bits per heavy atom. The average Bonchev–Trinajstić information content (AvgIpc) is 2.56. The van der Waals surface area contributed by atoms with Crippen LogP contribution in [0.5, 0.6) is 5.75 Å². The number of aliphatic carboxylic acids is 1. The number of ketones is 1. The zero-order valence-electron chi connectivity index (χ0n) is 14.7. The minimum atomic E-state index is -1.92. The fraction of sp³-hybridized carbons (Fsp3) is 0.200. The van der Waals surface area contributed by atoms with Crippen molar-refractivity contribution in [2.45, 2.75) is 26.4 Å². The topological polar surface area (TPSA) is 89.5 Å². The molecule has 0 amide bonds. The Kier molecular flexibility index (Phi) is 8.35. The van der Waals surface area contributed by atoms with Crippen molar-refractivity contribution >= 4 is 40.6 Å². The van der Waals surface area contributed by atoms with Crippen LogP contribution in [-0.4, -0.2) is 40.9 Å². The minimum Gasteiger partial charge on any atom is -0.872 e. The van der Waals surface area contributed by atoms with E-state index < -0.39 is 17.5 Å². The normalized spacial score (nSPS) is 11.0. The first-order chi connectivity index (χ1) is 11.9. The molecule has 0 fully saturated rings. The number of carboxylic acids is 1. The molecular weight excluding hydrogens is 345 g/mol. The zero-order valence-corrected chi connectivity index (χ0v) is 16.1. The molecule has 0 saturated heterocycles. The van der Waals surface area contributed by atoms with Crippen molar-refractivity contribution in [2.24, 2.45) is 0 Å². The first-order valence-corrected chi connectivity index (χ1v) is 7.84. The number of carboxylic acid groups (broad SMARTS) is 1. The number of carbonyl (C=O) groups excluding carboxylic acids is 2. The molecule has 0 aliphatic carbocycles. The second-order valence-electron chi connectivity index (χ2n) is 5.82. The standard InChI is InChI=1S/C20H20O5.Mg/c1-13(2)25-19-9-8-15(10-14-6-4-3-5-7-14)11-16(19)17(21)12-18(22)20(23)24;/h3-9,11-13,21H,10H2,1-2H3,(H,23,24);/q;+2/p-2/b17-12-;. The number of benzene rings is 2. The van der Waals surface area contributed by atoms with Crippen LogP contribution in [0.2, 0.25) is 0 Å². The van der Waals surface area contributed by atoms with Crippen LogP contribution in [0.3, 0.4) is 0 Å². The quantitative estimate of drug-likeness (QED) is 0.313. The molecule has 0 unspecified atom stereocenters. The Balaban J connectivity index is 0.00000338. The fourth-order valence-electron chi connectivity index (χ4n) is 2.32. The van der Waals surface area contributed by atoms with Crippen molar-refractivity contribution in [3.05, 3.63) is 71.3 Å². The van der Waals surface area contributed by atoms with Gasteiger partial charge in [-0.05, 0) is 49.6 Å². The van der Waals surface area contributed by atoms with Crippen LogP contribution in [0.25, 0.3) is 5.76 Å². The van der Waals surface area contributed by atoms with E-state index in [0.717, 1.165) is 11.1 Å². The molecule has 0 N–H and O–H groups in total. The third kappa shape index (κ3) is 6.20. The maximum absolute atomic E-state index is 12.3. The Morgan fingerprint density at radius 3 is 2.27 bits per heavy atom. The summed E-state index contributed by atoms with van der Waals surface area (Å²) in [5, 5.41) is 22.9. The van der Waals surface area contributed by atoms with E-state index in [4.69, 9.17) is 4.74 Å². The van der Waals surface area contributed by atoms with Crippen molar-refractivity contribution in [3.63, 3.8) is 0 Å². The maximum Gasteiger partial charge on any atom is 2.00 e. The van der Waals surface area contributed by atoms with Gasteiger partial charge in [-0.3, -0.25) is 4.79 Å². The van der Waals surface area contributed by atoms with Crippen molar-refractivity contribution in [1.82, 2.24) is 0 Å². The second kappa shape index (κ2) is 9.99. The van der Waals surface area contributed by atoms with E-state index >= 15 is 0 Å². The second-order valence-corrected chi connectivity index (χ2v) is 5.82. The summed E-state index contributed by atoms with van der Waals surface area (Å²) >= 11 is 0. The van der Waals surface area contributed by atoms with Gasteiger partial charge >= 0.3 is 23.1 Å². The van der Waals surface area contributed by atoms with Gasteiger partial charge in [0.05, 0.1) is 6.10 Å². The molecule has 2 rings (SSSR count). The van der Waals surface area contributed by atoms with Gasteiger partial charge in [0.25, 0.3) is 0 Å². The van der Waals surface area contributed by atoms with Crippen LogP contribution in [0.15, 0.2) is 54.6 Å². The zero-order chi connectivity index (χ0) is 18.4. The summed E-state index contributed by atoms with van der Waals surface area (Å²) in [4.78, 5) is 21.8. The Morgan fingerprint density at radius 2 is 1.69 bits per heavy atom. The molecule has 5 nitrogen and oxygen atoms in total. The summed E-state index contributed by atoms with van der Waals surface area (Å²) in [6.45, 7) is 3.62. The average molecular weight is 363 g/mol. The summed E-state index contributed by atoms with van der Waals surface area (Å²) in [5.41, 5.74) is 2.06. The van der Waals surface area contributed by atoms with E-state index in [1.807, 2.05) is 50.2 Å². The van der Waals surface area contributed by atoms with Crippen molar-refractivity contribution in [2.75, 3.05) is 0 Å². The van der Waals surface area contributed by atoms with Gasteiger partial charge in [-0.25, -0.2) is 0 Å². The van der Waals surface area contributed by atoms with Gasteiger partial charge < -0.3 is 19.7 Å². The van der Waals surface area contributed by atoms with Gasteiger partial charge in [0, 0.05) is 5.56 Å². The van der Waals surface area contributed by atoms with Gasteiger partial charge in [-0.15, -0.1) is 0 Å². The van der Waals surface area contributed by atoms with Crippen LogP contribution in [0.4, 0.5) is 0 Å². The van der Waals surface area contributed by atoms with E-state index in [-0.39, 0.29) is 34.7 Å². The van der Waals surface area contributed by atoms with Gasteiger partial charge in [0.2, 0.25) is 5.78 Å². The minimum absolute atomic E-state index is 0. The number of hydrogen-bond donors (Lipinski definition) is 0. The van der Waals surface area contributed by atoms with Gasteiger partial charge in [0.15, 0.2) is 0 Å². The predicted octanol–water partition coefficient (Wildman–Crippen LogP) is 0.704. The molecule has 2 aromatic carbocycles. The molecule has 0 radical (unpaired) electrons. The Labute approximate surface area is 168 Å². The van der Waals surface area contributed by atoms with Crippen LogP contribution < -0.4 is 14.9 Å². The smallest absolute Gasteiger partial charge is 0.872 e. The van der Waals surface area contributed by atoms with Crippen LogP contribution in [0.1, 0.15) is 30.5 Å². The molecule has 130 valence electrons. The first kappa shape index (κ1) is 21.7. The van der Waals surface area contributed by atoms with Gasteiger partial charge in [-0.2, -0.15) is 0 Å². The Bertz CT molecular complexity index is 797.